The van der Waals surface area contributed by atoms with Crippen molar-refractivity contribution in [3.63, 3.8) is 0 Å². The largest absolute Gasteiger partial charge is 0.504 e. The number of benzene rings is 1. The van der Waals surface area contributed by atoms with Gasteiger partial charge in [-0.3, -0.25) is 0 Å². The van der Waals surface area contributed by atoms with E-state index in [9.17, 15) is 23.4 Å². The maximum absolute atomic E-state index is 12.7. The summed E-state index contributed by atoms with van der Waals surface area (Å²) in [5, 5.41) is 24.4. The number of phenolic OH excluding ortho intramolecular Hbond substituents is 1. The van der Waals surface area contributed by atoms with E-state index in [1.165, 1.54) is 12.1 Å². The summed E-state index contributed by atoms with van der Waals surface area (Å²) in [6.07, 6.45) is 2.73. The highest BCUT2D eigenvalue weighted by Crippen LogP contribution is 2.42. The molecule has 10 heteroatoms. The molecule has 142 valence electrons. The lowest BCUT2D eigenvalue weighted by Gasteiger charge is -2.31. The maximum Gasteiger partial charge on any atom is 0.319 e. The van der Waals surface area contributed by atoms with E-state index in [1.807, 2.05) is 6.08 Å². The second-order valence-corrected chi connectivity index (χ2v) is 9.39. The highest BCUT2D eigenvalue weighted by molar-refractivity contribution is 7.92. The van der Waals surface area contributed by atoms with Crippen LogP contribution in [0.2, 0.25) is 5.02 Å². The number of rotatable bonds is 4. The van der Waals surface area contributed by atoms with Crippen molar-refractivity contribution >= 4 is 44.8 Å². The maximum atomic E-state index is 12.7. The molecule has 2 aliphatic carbocycles. The second-order valence-electron chi connectivity index (χ2n) is 6.38. The van der Waals surface area contributed by atoms with Gasteiger partial charge in [0.1, 0.15) is 4.90 Å². The predicted octanol–water partition coefficient (Wildman–Crippen LogP) is 2.75. The zero-order valence-electron chi connectivity index (χ0n) is 13.6. The third-order valence-electron chi connectivity index (χ3n) is 4.56. The first-order valence-electron chi connectivity index (χ1n) is 8.06. The molecule has 2 aliphatic rings. The summed E-state index contributed by atoms with van der Waals surface area (Å²) in [6.45, 7) is 0. The number of anilines is 1. The number of aliphatic hydroxyl groups excluding tert-OH is 1. The molecule has 0 radical (unpaired) electrons. The number of allylic oxidation sites excluding steroid dienone is 1. The Balaban J connectivity index is 1.81. The molecule has 0 aliphatic heterocycles. The molecule has 0 spiro atoms. The molecular formula is C16H18Cl2N2O5S. The predicted molar refractivity (Wildman–Crippen MR) is 98.4 cm³/mol. The number of hydrogen-bond donors (Lipinski definition) is 4. The van der Waals surface area contributed by atoms with Crippen LogP contribution in [0, 0.1) is 0 Å². The molecule has 1 atom stereocenters. The highest BCUT2D eigenvalue weighted by Gasteiger charge is 2.41. The number of urea groups is 1. The molecule has 0 saturated heterocycles. The van der Waals surface area contributed by atoms with Crippen LogP contribution in [0.3, 0.4) is 0 Å². The second kappa shape index (κ2) is 7.26. The Morgan fingerprint density at radius 3 is 2.50 bits per heavy atom. The van der Waals surface area contributed by atoms with E-state index in [2.05, 4.69) is 10.6 Å². The van der Waals surface area contributed by atoms with E-state index < -0.39 is 37.9 Å². The summed E-state index contributed by atoms with van der Waals surface area (Å²) in [5.41, 5.74) is -0.0801. The Bertz CT molecular complexity index is 866. The van der Waals surface area contributed by atoms with Gasteiger partial charge in [-0.05, 0) is 37.8 Å². The number of phenols is 1. The smallest absolute Gasteiger partial charge is 0.319 e. The lowest BCUT2D eigenvalue weighted by molar-refractivity contribution is 0.0976. The third kappa shape index (κ3) is 3.64. The fraction of sp³-hybridized carbons (Fsp3) is 0.438. The molecule has 1 fully saturated rings. The minimum atomic E-state index is -3.93. The first-order chi connectivity index (χ1) is 12.2. The first kappa shape index (κ1) is 19.3. The van der Waals surface area contributed by atoms with Crippen molar-refractivity contribution in [2.75, 3.05) is 5.32 Å². The quantitative estimate of drug-likeness (QED) is 0.558. The zero-order valence-corrected chi connectivity index (χ0v) is 15.9. The zero-order chi connectivity index (χ0) is 19.1. The standard InChI is InChI=1S/C16H18Cl2N2O5S/c17-10-2-1-3-12(10)19-16(23)20-13-5-4-11(18)15(14(13)22)26(24,25)9-6-8(21)7-9/h2,4-5,8-9,12,21-22H,1,3,6-7H2,(H2,19,20,23)/t8-,9+,12-/m1/s1. The van der Waals surface area contributed by atoms with Gasteiger partial charge in [-0.25, -0.2) is 13.2 Å². The van der Waals surface area contributed by atoms with Crippen LogP contribution in [-0.2, 0) is 9.84 Å². The van der Waals surface area contributed by atoms with Crippen LogP contribution in [0.4, 0.5) is 10.5 Å². The van der Waals surface area contributed by atoms with Gasteiger partial charge >= 0.3 is 6.03 Å². The van der Waals surface area contributed by atoms with Gasteiger partial charge in [0.15, 0.2) is 15.6 Å². The van der Waals surface area contributed by atoms with Gasteiger partial charge in [-0.1, -0.05) is 29.3 Å². The Labute approximate surface area is 160 Å². The van der Waals surface area contributed by atoms with Gasteiger partial charge in [0.25, 0.3) is 0 Å². The number of hydrogen-bond acceptors (Lipinski definition) is 5. The molecule has 3 rings (SSSR count). The van der Waals surface area contributed by atoms with Crippen LogP contribution in [0.1, 0.15) is 25.7 Å². The van der Waals surface area contributed by atoms with Crippen molar-refractivity contribution in [1.29, 1.82) is 0 Å². The van der Waals surface area contributed by atoms with Crippen molar-refractivity contribution in [1.82, 2.24) is 5.32 Å². The molecule has 1 aromatic carbocycles. The van der Waals surface area contributed by atoms with Crippen LogP contribution < -0.4 is 10.6 Å². The number of amides is 2. The third-order valence-corrected chi connectivity index (χ3v) is 7.65. The highest BCUT2D eigenvalue weighted by atomic mass is 35.5. The SMILES string of the molecule is O=C(Nc1ccc(Cl)c(S(=O)(=O)[C@H]2C[C@@H](O)C2)c1O)N[C@@H]1CCC=C1Cl. The lowest BCUT2D eigenvalue weighted by atomic mass is 9.96. The summed E-state index contributed by atoms with van der Waals surface area (Å²) in [6, 6.07) is 1.67. The minimum Gasteiger partial charge on any atom is -0.504 e. The molecule has 0 bridgehead atoms. The average Bonchev–Trinajstić information content (AvgIpc) is 2.92. The van der Waals surface area contributed by atoms with Crippen LogP contribution in [0.25, 0.3) is 0 Å². The van der Waals surface area contributed by atoms with Crippen molar-refractivity contribution in [2.24, 2.45) is 0 Å². The van der Waals surface area contributed by atoms with Gasteiger partial charge in [0.2, 0.25) is 0 Å². The van der Waals surface area contributed by atoms with Crippen LogP contribution in [-0.4, -0.2) is 42.1 Å². The number of halogens is 2. The number of sulfone groups is 1. The van der Waals surface area contributed by atoms with Crippen LogP contribution in [0.5, 0.6) is 5.75 Å². The van der Waals surface area contributed by atoms with E-state index in [0.717, 1.165) is 6.42 Å². The monoisotopic (exact) mass is 420 g/mol. The molecule has 26 heavy (non-hydrogen) atoms. The molecule has 0 aromatic heterocycles. The normalized spacial score (nSPS) is 25.3. The lowest BCUT2D eigenvalue weighted by Crippen LogP contribution is -2.39. The summed E-state index contributed by atoms with van der Waals surface area (Å²) < 4.78 is 25.3. The summed E-state index contributed by atoms with van der Waals surface area (Å²) in [7, 11) is -3.93. The fourth-order valence-corrected chi connectivity index (χ4v) is 5.75. The Morgan fingerprint density at radius 1 is 1.23 bits per heavy atom. The number of carbonyl (C=O) groups is 1. The molecule has 1 saturated carbocycles. The fourth-order valence-electron chi connectivity index (χ4n) is 3.00. The number of aliphatic hydroxyl groups is 1. The molecule has 1 aromatic rings. The molecular weight excluding hydrogens is 403 g/mol. The molecule has 0 unspecified atom stereocenters. The topological polar surface area (TPSA) is 116 Å². The summed E-state index contributed by atoms with van der Waals surface area (Å²) in [5.74, 6) is -0.623. The number of nitrogens with one attached hydrogen (secondary N) is 2. The Kier molecular flexibility index (Phi) is 5.39. The van der Waals surface area contributed by atoms with Gasteiger partial charge in [0.05, 0.1) is 28.1 Å². The van der Waals surface area contributed by atoms with E-state index in [0.29, 0.717) is 11.5 Å². The first-order valence-corrected chi connectivity index (χ1v) is 10.4. The minimum absolute atomic E-state index is 0.0801. The molecule has 4 N–H and O–H groups in total. The van der Waals surface area contributed by atoms with Gasteiger partial charge in [-0.2, -0.15) is 0 Å². The summed E-state index contributed by atoms with van der Waals surface area (Å²) in [4.78, 5) is 11.7. The van der Waals surface area contributed by atoms with Crippen LogP contribution in [0.15, 0.2) is 28.1 Å². The van der Waals surface area contributed by atoms with E-state index in [1.54, 1.807) is 0 Å². The van der Waals surface area contributed by atoms with Crippen molar-refractivity contribution < 1.29 is 23.4 Å². The van der Waals surface area contributed by atoms with E-state index >= 15 is 0 Å². The van der Waals surface area contributed by atoms with Gasteiger partial charge in [-0.15, -0.1) is 0 Å². The molecule has 2 amide bonds. The Hall–Kier alpha value is -1.48. The van der Waals surface area contributed by atoms with Gasteiger partial charge < -0.3 is 20.8 Å². The van der Waals surface area contributed by atoms with E-state index in [4.69, 9.17) is 23.2 Å². The van der Waals surface area contributed by atoms with Crippen LogP contribution >= 0.6 is 23.2 Å². The van der Waals surface area contributed by atoms with Gasteiger partial charge in [0, 0.05) is 5.03 Å². The summed E-state index contributed by atoms with van der Waals surface area (Å²) >= 11 is 12.0. The Morgan fingerprint density at radius 2 is 1.92 bits per heavy atom. The number of aromatic hydroxyl groups is 1. The van der Waals surface area contributed by atoms with Crippen molar-refractivity contribution in [3.8, 4) is 5.75 Å². The van der Waals surface area contributed by atoms with Crippen molar-refractivity contribution in [2.45, 2.75) is 48.0 Å². The molecule has 0 heterocycles. The van der Waals surface area contributed by atoms with Crippen molar-refractivity contribution in [3.05, 3.63) is 28.3 Å². The van der Waals surface area contributed by atoms with E-state index in [-0.39, 0.29) is 29.6 Å². The number of carbonyl (C=O) groups excluding carboxylic acids is 1. The molecule has 7 nitrogen and oxygen atoms in total. The average molecular weight is 421 g/mol.